The molecule has 0 aromatic heterocycles. The van der Waals surface area contributed by atoms with Crippen molar-refractivity contribution in [2.75, 3.05) is 6.54 Å². The highest BCUT2D eigenvalue weighted by molar-refractivity contribution is 5.77. The van der Waals surface area contributed by atoms with Gasteiger partial charge in [0.2, 0.25) is 0 Å². The van der Waals surface area contributed by atoms with Gasteiger partial charge in [-0.3, -0.25) is 4.79 Å². The molecule has 0 unspecified atom stereocenters. The maximum Gasteiger partial charge on any atom is 0.275 e. The van der Waals surface area contributed by atoms with Crippen LogP contribution in [0.3, 0.4) is 0 Å². The first kappa shape index (κ1) is 15.9. The van der Waals surface area contributed by atoms with E-state index >= 15 is 0 Å². The summed E-state index contributed by atoms with van der Waals surface area (Å²) >= 11 is 0. The molecule has 3 nitrogen and oxygen atoms in total. The predicted molar refractivity (Wildman–Crippen MR) is 91.9 cm³/mol. The van der Waals surface area contributed by atoms with Crippen LogP contribution in [0.2, 0.25) is 0 Å². The van der Waals surface area contributed by atoms with Crippen LogP contribution in [-0.2, 0) is 4.79 Å². The molecule has 0 aliphatic heterocycles. The van der Waals surface area contributed by atoms with Gasteiger partial charge in [-0.05, 0) is 94.3 Å². The largest absolute Gasteiger partial charge is 0.348 e. The van der Waals surface area contributed by atoms with Crippen molar-refractivity contribution < 1.29 is 10.1 Å². The van der Waals surface area contributed by atoms with Gasteiger partial charge in [0.15, 0.2) is 6.54 Å². The Morgan fingerprint density at radius 1 is 1.04 bits per heavy atom. The molecule has 5 saturated carbocycles. The Hall–Kier alpha value is -0.570. The third-order valence-electron chi connectivity index (χ3n) is 7.67. The monoisotopic (exact) mass is 319 g/mol. The molecular weight excluding hydrogens is 284 g/mol. The van der Waals surface area contributed by atoms with Gasteiger partial charge in [0.1, 0.15) is 0 Å². The van der Waals surface area contributed by atoms with E-state index in [1.165, 1.54) is 70.6 Å². The molecule has 4 bridgehead atoms. The van der Waals surface area contributed by atoms with E-state index in [2.05, 4.69) is 17.6 Å². The number of rotatable bonds is 5. The van der Waals surface area contributed by atoms with Gasteiger partial charge in [0.05, 0.1) is 6.04 Å². The van der Waals surface area contributed by atoms with Crippen LogP contribution in [-0.4, -0.2) is 24.5 Å². The lowest BCUT2D eigenvalue weighted by Crippen LogP contribution is -2.92. The summed E-state index contributed by atoms with van der Waals surface area (Å²) in [6.45, 7) is 2.94. The van der Waals surface area contributed by atoms with Crippen molar-refractivity contribution in [2.45, 2.75) is 89.6 Å². The number of hydrogen-bond acceptors (Lipinski definition) is 1. The Kier molecular flexibility index (Phi) is 4.42. The van der Waals surface area contributed by atoms with E-state index in [0.717, 1.165) is 17.8 Å². The molecule has 23 heavy (non-hydrogen) atoms. The van der Waals surface area contributed by atoms with E-state index in [0.29, 0.717) is 24.0 Å². The average molecular weight is 320 g/mol. The molecule has 5 aliphatic rings. The Balaban J connectivity index is 1.29. The third-order valence-corrected chi connectivity index (χ3v) is 7.67. The summed E-state index contributed by atoms with van der Waals surface area (Å²) < 4.78 is 0. The number of carbonyl (C=O) groups is 1. The van der Waals surface area contributed by atoms with Crippen LogP contribution in [0.25, 0.3) is 0 Å². The fourth-order valence-electron chi connectivity index (χ4n) is 6.81. The fourth-order valence-corrected chi connectivity index (χ4v) is 6.81. The zero-order chi connectivity index (χ0) is 15.9. The van der Waals surface area contributed by atoms with E-state index in [1.54, 1.807) is 0 Å². The van der Waals surface area contributed by atoms with Crippen LogP contribution in [0.1, 0.15) is 77.6 Å². The summed E-state index contributed by atoms with van der Waals surface area (Å²) in [6, 6.07) is 1.08. The van der Waals surface area contributed by atoms with Gasteiger partial charge >= 0.3 is 0 Å². The Morgan fingerprint density at radius 3 is 2.17 bits per heavy atom. The first-order valence-electron chi connectivity index (χ1n) is 10.3. The van der Waals surface area contributed by atoms with E-state index in [-0.39, 0.29) is 5.91 Å². The second-order valence-electron chi connectivity index (χ2n) is 9.41. The average Bonchev–Trinajstić information content (AvgIpc) is 2.52. The highest BCUT2D eigenvalue weighted by atomic mass is 16.2. The Morgan fingerprint density at radius 2 is 1.61 bits per heavy atom. The van der Waals surface area contributed by atoms with Crippen LogP contribution in [0.4, 0.5) is 0 Å². The maximum atomic E-state index is 12.4. The lowest BCUT2D eigenvalue weighted by Gasteiger charge is -2.59. The molecule has 1 amide bonds. The fraction of sp³-hybridized carbons (Fsp3) is 0.950. The molecule has 0 aromatic rings. The number of amides is 1. The van der Waals surface area contributed by atoms with Crippen molar-refractivity contribution in [1.29, 1.82) is 0 Å². The topological polar surface area (TPSA) is 45.7 Å². The van der Waals surface area contributed by atoms with Crippen molar-refractivity contribution in [1.82, 2.24) is 5.32 Å². The molecule has 5 rings (SSSR count). The summed E-state index contributed by atoms with van der Waals surface area (Å²) in [5, 5.41) is 5.71. The molecule has 0 aromatic carbocycles. The maximum absolute atomic E-state index is 12.4. The molecule has 5 fully saturated rings. The molecule has 5 aliphatic carbocycles. The second-order valence-corrected chi connectivity index (χ2v) is 9.41. The van der Waals surface area contributed by atoms with E-state index < -0.39 is 0 Å². The van der Waals surface area contributed by atoms with Crippen LogP contribution in [0.15, 0.2) is 0 Å². The summed E-state index contributed by atoms with van der Waals surface area (Å²) in [5.41, 5.74) is 0.440. The number of nitrogens with two attached hydrogens (primary N) is 1. The molecule has 0 spiro atoms. The predicted octanol–water partition coefficient (Wildman–Crippen LogP) is 2.60. The lowest BCUT2D eigenvalue weighted by atomic mass is 9.48. The van der Waals surface area contributed by atoms with Crippen LogP contribution >= 0.6 is 0 Å². The van der Waals surface area contributed by atoms with Crippen molar-refractivity contribution in [3.63, 3.8) is 0 Å². The van der Waals surface area contributed by atoms with Gasteiger partial charge in [-0.2, -0.15) is 0 Å². The highest BCUT2D eigenvalue weighted by Gasteiger charge is 2.53. The zero-order valence-electron chi connectivity index (χ0n) is 14.9. The van der Waals surface area contributed by atoms with Gasteiger partial charge in [-0.1, -0.05) is 6.42 Å². The molecule has 3 N–H and O–H groups in total. The summed E-state index contributed by atoms with van der Waals surface area (Å²) in [6.07, 6.45) is 15.3. The van der Waals surface area contributed by atoms with Gasteiger partial charge in [-0.25, -0.2) is 0 Å². The SMILES string of the molecule is C[C@@H](NC(=O)C[NH2+]C1CCCCC1)C12CC3CC(CC(C3)C1)C2. The van der Waals surface area contributed by atoms with Crippen molar-refractivity contribution in [2.24, 2.45) is 23.2 Å². The normalized spacial score (nSPS) is 41.0. The molecule has 0 saturated heterocycles. The van der Waals surface area contributed by atoms with Gasteiger partial charge < -0.3 is 10.6 Å². The molecule has 0 heterocycles. The van der Waals surface area contributed by atoms with E-state index in [1.807, 2.05) is 0 Å². The summed E-state index contributed by atoms with van der Waals surface area (Å²) in [4.78, 5) is 12.4. The summed E-state index contributed by atoms with van der Waals surface area (Å²) in [5.74, 6) is 3.18. The van der Waals surface area contributed by atoms with Crippen LogP contribution in [0.5, 0.6) is 0 Å². The second kappa shape index (κ2) is 6.38. The quantitative estimate of drug-likeness (QED) is 0.804. The number of hydrogen-bond donors (Lipinski definition) is 2. The summed E-state index contributed by atoms with van der Waals surface area (Å²) in [7, 11) is 0. The number of quaternary nitrogens is 1. The van der Waals surface area contributed by atoms with E-state index in [4.69, 9.17) is 0 Å². The minimum absolute atomic E-state index is 0.277. The molecule has 1 atom stereocenters. The third kappa shape index (κ3) is 3.31. The standard InChI is InChI=1S/C20H34N2O/c1-14(22-19(23)13-21-18-5-3-2-4-6-18)20-10-15-7-16(11-20)9-17(8-15)12-20/h14-18,21H,2-13H2,1H3,(H,22,23)/p+1/t14-,15?,16?,17?,20?/m1/s1. The first-order chi connectivity index (χ1) is 11.1. The van der Waals surface area contributed by atoms with Gasteiger partial charge in [-0.15, -0.1) is 0 Å². The first-order valence-corrected chi connectivity index (χ1v) is 10.3. The van der Waals surface area contributed by atoms with Crippen LogP contribution in [0, 0.1) is 23.2 Å². The zero-order valence-corrected chi connectivity index (χ0v) is 14.9. The molecular formula is C20H35N2O+. The van der Waals surface area contributed by atoms with Crippen LogP contribution < -0.4 is 10.6 Å². The van der Waals surface area contributed by atoms with Gasteiger partial charge in [0.25, 0.3) is 5.91 Å². The molecule has 3 heteroatoms. The number of nitrogens with one attached hydrogen (secondary N) is 1. The minimum atomic E-state index is 0.277. The Bertz CT molecular complexity index is 406. The van der Waals surface area contributed by atoms with Gasteiger partial charge in [0, 0.05) is 6.04 Å². The minimum Gasteiger partial charge on any atom is -0.348 e. The van der Waals surface area contributed by atoms with Crippen molar-refractivity contribution in [3.8, 4) is 0 Å². The molecule has 0 radical (unpaired) electrons. The molecule has 130 valence electrons. The lowest BCUT2D eigenvalue weighted by molar-refractivity contribution is -0.681. The Labute approximate surface area is 141 Å². The highest BCUT2D eigenvalue weighted by Crippen LogP contribution is 2.61. The smallest absolute Gasteiger partial charge is 0.275 e. The van der Waals surface area contributed by atoms with E-state index in [9.17, 15) is 4.79 Å². The van der Waals surface area contributed by atoms with Crippen molar-refractivity contribution in [3.05, 3.63) is 0 Å². The van der Waals surface area contributed by atoms with Crippen molar-refractivity contribution >= 4 is 5.91 Å². The number of carbonyl (C=O) groups excluding carboxylic acids is 1.